The molecule has 2 nitrogen and oxygen atoms in total. The van der Waals surface area contributed by atoms with Crippen LogP contribution < -0.4 is 0 Å². The fraction of sp³-hybridized carbons (Fsp3) is 0.571. The van der Waals surface area contributed by atoms with Crippen molar-refractivity contribution in [1.82, 2.24) is 9.88 Å². The first-order valence-corrected chi connectivity index (χ1v) is 6.40. The summed E-state index contributed by atoms with van der Waals surface area (Å²) in [5, 5.41) is 0. The molecule has 1 fully saturated rings. The number of likely N-dealkylation sites (tertiary alicyclic amines) is 1. The molecule has 1 unspecified atom stereocenters. The summed E-state index contributed by atoms with van der Waals surface area (Å²) in [5.41, 5.74) is 4.34. The zero-order valence-electron chi connectivity index (χ0n) is 10.00. The summed E-state index contributed by atoms with van der Waals surface area (Å²) in [6.07, 6.45) is 9.61. The molecule has 1 atom stereocenters. The molecule has 2 heteroatoms. The third-order valence-corrected chi connectivity index (χ3v) is 3.88. The van der Waals surface area contributed by atoms with E-state index in [0.717, 1.165) is 5.92 Å². The second-order valence-electron chi connectivity index (χ2n) is 5.21. The lowest BCUT2D eigenvalue weighted by Crippen LogP contribution is -2.30. The van der Waals surface area contributed by atoms with Crippen LogP contribution in [0.3, 0.4) is 0 Å². The van der Waals surface area contributed by atoms with E-state index < -0.39 is 0 Å². The zero-order chi connectivity index (χ0) is 11.0. The van der Waals surface area contributed by atoms with Gasteiger partial charge in [-0.3, -0.25) is 0 Å². The van der Waals surface area contributed by atoms with Crippen molar-refractivity contribution >= 4 is 6.08 Å². The summed E-state index contributed by atoms with van der Waals surface area (Å²) in [4.78, 5) is 6.06. The number of rotatable bonds is 1. The van der Waals surface area contributed by atoms with E-state index in [0.29, 0.717) is 0 Å². The maximum absolute atomic E-state index is 3.61. The first kappa shape index (κ1) is 10.2. The maximum Gasteiger partial charge on any atom is 0.0412 e. The third kappa shape index (κ3) is 1.82. The second kappa shape index (κ2) is 4.10. The van der Waals surface area contributed by atoms with Crippen molar-refractivity contribution in [2.24, 2.45) is 0 Å². The van der Waals surface area contributed by atoms with E-state index >= 15 is 0 Å². The minimum Gasteiger partial charge on any atom is -0.358 e. The van der Waals surface area contributed by atoms with Crippen molar-refractivity contribution < 1.29 is 0 Å². The molecule has 0 bridgehead atoms. The highest BCUT2D eigenvalue weighted by molar-refractivity contribution is 5.54. The smallest absolute Gasteiger partial charge is 0.0412 e. The Kier molecular flexibility index (Phi) is 2.60. The van der Waals surface area contributed by atoms with Crippen LogP contribution >= 0.6 is 0 Å². The number of aromatic nitrogens is 1. The van der Waals surface area contributed by atoms with Gasteiger partial charge in [0, 0.05) is 23.9 Å². The zero-order valence-corrected chi connectivity index (χ0v) is 10.00. The molecular formula is C14H20N2. The average molecular weight is 216 g/mol. The van der Waals surface area contributed by atoms with Gasteiger partial charge in [-0.1, -0.05) is 6.08 Å². The lowest BCUT2D eigenvalue weighted by Gasteiger charge is -2.29. The van der Waals surface area contributed by atoms with Crippen molar-refractivity contribution in [3.05, 3.63) is 29.1 Å². The SMILES string of the molecule is CN1CCCC(c2cc3c([nH]2)C=CCC3)C1. The molecule has 16 heavy (non-hydrogen) atoms. The van der Waals surface area contributed by atoms with E-state index in [1.54, 1.807) is 0 Å². The van der Waals surface area contributed by atoms with Crippen LogP contribution in [-0.4, -0.2) is 30.0 Å². The van der Waals surface area contributed by atoms with Crippen molar-refractivity contribution in [2.75, 3.05) is 20.1 Å². The molecule has 0 spiro atoms. The average Bonchev–Trinajstić information content (AvgIpc) is 2.72. The molecule has 86 valence electrons. The summed E-state index contributed by atoms with van der Waals surface area (Å²) >= 11 is 0. The quantitative estimate of drug-likeness (QED) is 0.765. The van der Waals surface area contributed by atoms with Crippen LogP contribution in [-0.2, 0) is 6.42 Å². The highest BCUT2D eigenvalue weighted by atomic mass is 15.1. The van der Waals surface area contributed by atoms with Gasteiger partial charge in [0.1, 0.15) is 0 Å². The summed E-state index contributed by atoms with van der Waals surface area (Å²) in [5.74, 6) is 0.720. The molecule has 1 aromatic heterocycles. The Morgan fingerprint density at radius 1 is 1.44 bits per heavy atom. The molecule has 3 rings (SSSR count). The van der Waals surface area contributed by atoms with E-state index in [-0.39, 0.29) is 0 Å². The minimum atomic E-state index is 0.720. The number of H-pyrrole nitrogens is 1. The van der Waals surface area contributed by atoms with Gasteiger partial charge in [0.15, 0.2) is 0 Å². The predicted molar refractivity (Wildman–Crippen MR) is 67.6 cm³/mol. The van der Waals surface area contributed by atoms with Crippen molar-refractivity contribution in [1.29, 1.82) is 0 Å². The van der Waals surface area contributed by atoms with Crippen LogP contribution in [0.15, 0.2) is 12.1 Å². The second-order valence-corrected chi connectivity index (χ2v) is 5.21. The number of nitrogens with one attached hydrogen (secondary N) is 1. The van der Waals surface area contributed by atoms with Crippen LogP contribution in [0.4, 0.5) is 0 Å². The van der Waals surface area contributed by atoms with Crippen LogP contribution in [0.5, 0.6) is 0 Å². The van der Waals surface area contributed by atoms with Gasteiger partial charge in [0.2, 0.25) is 0 Å². The van der Waals surface area contributed by atoms with Gasteiger partial charge in [0.05, 0.1) is 0 Å². The number of likely N-dealkylation sites (N-methyl/N-ethyl adjacent to an activating group) is 1. The largest absolute Gasteiger partial charge is 0.358 e. The Morgan fingerprint density at radius 3 is 3.19 bits per heavy atom. The molecule has 1 saturated heterocycles. The van der Waals surface area contributed by atoms with Crippen LogP contribution in [0.25, 0.3) is 6.08 Å². The van der Waals surface area contributed by atoms with E-state index in [1.165, 1.54) is 55.7 Å². The number of hydrogen-bond donors (Lipinski definition) is 1. The standard InChI is InChI=1S/C14H20N2/c1-16-8-4-6-12(10-16)14-9-11-5-2-3-7-13(11)15-14/h3,7,9,12,15H,2,4-6,8,10H2,1H3. The van der Waals surface area contributed by atoms with Crippen molar-refractivity contribution in [2.45, 2.75) is 31.6 Å². The van der Waals surface area contributed by atoms with Gasteiger partial charge in [0.25, 0.3) is 0 Å². The molecule has 0 aromatic carbocycles. The monoisotopic (exact) mass is 216 g/mol. The minimum absolute atomic E-state index is 0.720. The summed E-state index contributed by atoms with van der Waals surface area (Å²) in [6, 6.07) is 2.41. The number of nitrogens with zero attached hydrogens (tertiary/aromatic N) is 1. The van der Waals surface area contributed by atoms with E-state index in [4.69, 9.17) is 0 Å². The van der Waals surface area contributed by atoms with Gasteiger partial charge in [-0.15, -0.1) is 0 Å². The normalized spacial score (nSPS) is 25.7. The van der Waals surface area contributed by atoms with Gasteiger partial charge in [-0.05, 0) is 57.0 Å². The van der Waals surface area contributed by atoms with Crippen LogP contribution in [0.2, 0.25) is 0 Å². The number of fused-ring (bicyclic) bond motifs is 1. The van der Waals surface area contributed by atoms with Crippen molar-refractivity contribution in [3.8, 4) is 0 Å². The molecule has 0 saturated carbocycles. The molecule has 1 aromatic rings. The van der Waals surface area contributed by atoms with Crippen LogP contribution in [0, 0.1) is 0 Å². The van der Waals surface area contributed by atoms with E-state index in [9.17, 15) is 0 Å². The molecule has 0 amide bonds. The fourth-order valence-electron chi connectivity index (χ4n) is 2.97. The number of aryl methyl sites for hydroxylation is 1. The Hall–Kier alpha value is -1.02. The summed E-state index contributed by atoms with van der Waals surface area (Å²) < 4.78 is 0. The Balaban J connectivity index is 1.83. The van der Waals surface area contributed by atoms with E-state index in [1.807, 2.05) is 0 Å². The highest BCUT2D eigenvalue weighted by Crippen LogP contribution is 2.29. The van der Waals surface area contributed by atoms with Crippen LogP contribution in [0.1, 0.15) is 42.1 Å². The summed E-state index contributed by atoms with van der Waals surface area (Å²) in [6.45, 7) is 2.47. The third-order valence-electron chi connectivity index (χ3n) is 3.88. The molecular weight excluding hydrogens is 196 g/mol. The molecule has 2 aliphatic rings. The topological polar surface area (TPSA) is 19.0 Å². The van der Waals surface area contributed by atoms with E-state index in [2.05, 4.69) is 35.1 Å². The molecule has 1 aliphatic heterocycles. The molecule has 1 N–H and O–H groups in total. The van der Waals surface area contributed by atoms with Gasteiger partial charge in [-0.2, -0.15) is 0 Å². The maximum atomic E-state index is 3.61. The first-order valence-electron chi connectivity index (χ1n) is 6.40. The Labute approximate surface area is 97.3 Å². The molecule has 2 heterocycles. The molecule has 1 aliphatic carbocycles. The van der Waals surface area contributed by atoms with Gasteiger partial charge in [-0.25, -0.2) is 0 Å². The first-order chi connectivity index (χ1) is 7.83. The lowest BCUT2D eigenvalue weighted by atomic mass is 9.94. The number of piperidine rings is 1. The Morgan fingerprint density at radius 2 is 2.38 bits per heavy atom. The number of hydrogen-bond acceptors (Lipinski definition) is 1. The fourth-order valence-corrected chi connectivity index (χ4v) is 2.97. The van der Waals surface area contributed by atoms with Crippen molar-refractivity contribution in [3.63, 3.8) is 0 Å². The van der Waals surface area contributed by atoms with Gasteiger partial charge < -0.3 is 9.88 Å². The molecule has 0 radical (unpaired) electrons. The lowest BCUT2D eigenvalue weighted by molar-refractivity contribution is 0.249. The number of aromatic amines is 1. The number of allylic oxidation sites excluding steroid dienone is 1. The highest BCUT2D eigenvalue weighted by Gasteiger charge is 2.21. The Bertz CT molecular complexity index is 403. The van der Waals surface area contributed by atoms with Gasteiger partial charge >= 0.3 is 0 Å². The predicted octanol–water partition coefficient (Wildman–Crippen LogP) is 2.78. The summed E-state index contributed by atoms with van der Waals surface area (Å²) in [7, 11) is 2.23.